The Hall–Kier alpha value is -1.82. The molecule has 2 aliphatic rings. The highest BCUT2D eigenvalue weighted by molar-refractivity contribution is 5.70. The molecule has 0 unspecified atom stereocenters. The highest BCUT2D eigenvalue weighted by Gasteiger charge is 2.21. The van der Waals surface area contributed by atoms with Crippen molar-refractivity contribution in [2.24, 2.45) is 0 Å². The summed E-state index contributed by atoms with van der Waals surface area (Å²) in [5.74, 6) is 1.47. The lowest BCUT2D eigenvalue weighted by atomic mass is 9.85. The predicted octanol–water partition coefficient (Wildman–Crippen LogP) is 4.76. The molecule has 0 fully saturated rings. The third-order valence-corrected chi connectivity index (χ3v) is 4.56. The number of aryl methyl sites for hydroxylation is 2. The van der Waals surface area contributed by atoms with Crippen molar-refractivity contribution >= 4 is 6.08 Å². The molecule has 0 N–H and O–H groups in total. The Morgan fingerprint density at radius 3 is 2.35 bits per heavy atom. The van der Waals surface area contributed by atoms with Crippen molar-refractivity contribution in [3.63, 3.8) is 0 Å². The summed E-state index contributed by atoms with van der Waals surface area (Å²) in [6, 6.07) is 15.7. The predicted molar refractivity (Wildman–Crippen MR) is 84.6 cm³/mol. The van der Waals surface area contributed by atoms with Crippen LogP contribution in [0.3, 0.4) is 0 Å². The first kappa shape index (κ1) is 12.0. The Labute approximate surface area is 121 Å². The first-order valence-electron chi connectivity index (χ1n) is 7.64. The fraction of sp³-hybridized carbons (Fsp3) is 0.250. The van der Waals surface area contributed by atoms with E-state index in [1.54, 1.807) is 11.1 Å². The van der Waals surface area contributed by atoms with Crippen LogP contribution in [0.2, 0.25) is 0 Å². The van der Waals surface area contributed by atoms with Gasteiger partial charge >= 0.3 is 0 Å². The molecule has 0 heterocycles. The molecule has 2 aliphatic carbocycles. The molecule has 0 aromatic heterocycles. The van der Waals surface area contributed by atoms with Crippen LogP contribution < -0.4 is 0 Å². The highest BCUT2D eigenvalue weighted by atomic mass is 14.2. The van der Waals surface area contributed by atoms with E-state index < -0.39 is 0 Å². The van der Waals surface area contributed by atoms with Crippen LogP contribution in [0.1, 0.15) is 40.7 Å². The second-order valence-electron chi connectivity index (χ2n) is 5.94. The summed E-state index contributed by atoms with van der Waals surface area (Å²) in [7, 11) is 0. The van der Waals surface area contributed by atoms with Gasteiger partial charge in [0.05, 0.1) is 0 Å². The lowest BCUT2D eigenvalue weighted by molar-refractivity contribution is 0.684. The Morgan fingerprint density at radius 2 is 1.55 bits per heavy atom. The molecule has 0 nitrogen and oxygen atoms in total. The van der Waals surface area contributed by atoms with E-state index in [2.05, 4.69) is 54.6 Å². The van der Waals surface area contributed by atoms with Gasteiger partial charge in [0, 0.05) is 5.92 Å². The van der Waals surface area contributed by atoms with Crippen molar-refractivity contribution in [3.8, 4) is 0 Å². The maximum Gasteiger partial charge on any atom is 0.0317 e. The van der Waals surface area contributed by atoms with Gasteiger partial charge in [0.25, 0.3) is 0 Å². The van der Waals surface area contributed by atoms with E-state index in [1.165, 1.54) is 48.3 Å². The summed E-state index contributed by atoms with van der Waals surface area (Å²) < 4.78 is 0. The van der Waals surface area contributed by atoms with E-state index >= 15 is 0 Å². The van der Waals surface area contributed by atoms with Crippen LogP contribution in [-0.4, -0.2) is 0 Å². The summed E-state index contributed by atoms with van der Waals surface area (Å²) in [6.45, 7) is 0. The van der Waals surface area contributed by atoms with Crippen molar-refractivity contribution in [2.45, 2.75) is 32.1 Å². The van der Waals surface area contributed by atoms with Crippen molar-refractivity contribution in [3.05, 3.63) is 82.3 Å². The van der Waals surface area contributed by atoms with Gasteiger partial charge < -0.3 is 0 Å². The molecule has 0 bridgehead atoms. The molecule has 99 valence electrons. The lowest BCUT2D eigenvalue weighted by Gasteiger charge is -2.19. The second kappa shape index (κ2) is 4.94. The summed E-state index contributed by atoms with van der Waals surface area (Å²) in [6.07, 6.45) is 10.9. The van der Waals surface area contributed by atoms with Crippen molar-refractivity contribution in [1.29, 1.82) is 0 Å². The molecule has 0 heteroatoms. The smallest absolute Gasteiger partial charge is 0.0317 e. The average Bonchev–Trinajstić information content (AvgIpc) is 2.88. The SMILES string of the molecule is C1=Cc2cc3c(cc2[C]1Cc1ccccc1)CCCC3. The van der Waals surface area contributed by atoms with E-state index in [-0.39, 0.29) is 0 Å². The number of allylic oxidation sites excluding steroid dienone is 1. The normalized spacial score (nSPS) is 17.0. The zero-order valence-electron chi connectivity index (χ0n) is 11.7. The molecular weight excluding hydrogens is 240 g/mol. The van der Waals surface area contributed by atoms with Gasteiger partial charge in [0.2, 0.25) is 0 Å². The average molecular weight is 259 g/mol. The molecule has 0 spiro atoms. The first-order valence-corrected chi connectivity index (χ1v) is 7.64. The van der Waals surface area contributed by atoms with Gasteiger partial charge in [-0.3, -0.25) is 0 Å². The second-order valence-corrected chi connectivity index (χ2v) is 5.94. The molecule has 0 saturated carbocycles. The van der Waals surface area contributed by atoms with Crippen molar-refractivity contribution in [1.82, 2.24) is 0 Å². The number of rotatable bonds is 2. The third kappa shape index (κ3) is 2.10. The largest absolute Gasteiger partial charge is 0.0718 e. The van der Waals surface area contributed by atoms with Crippen LogP contribution >= 0.6 is 0 Å². The van der Waals surface area contributed by atoms with Gasteiger partial charge in [0.15, 0.2) is 0 Å². The minimum atomic E-state index is 1.04. The molecule has 2 aromatic carbocycles. The maximum atomic E-state index is 2.46. The van der Waals surface area contributed by atoms with Crippen LogP contribution in [-0.2, 0) is 19.3 Å². The highest BCUT2D eigenvalue weighted by Crippen LogP contribution is 2.35. The summed E-state index contributed by atoms with van der Waals surface area (Å²) >= 11 is 0. The quantitative estimate of drug-likeness (QED) is 0.729. The van der Waals surface area contributed by atoms with Gasteiger partial charge in [-0.05, 0) is 59.9 Å². The van der Waals surface area contributed by atoms with Crippen LogP contribution in [0.4, 0.5) is 0 Å². The summed E-state index contributed by atoms with van der Waals surface area (Å²) in [5, 5.41) is 0. The monoisotopic (exact) mass is 259 g/mol. The van der Waals surface area contributed by atoms with E-state index in [0.29, 0.717) is 0 Å². The third-order valence-electron chi connectivity index (χ3n) is 4.56. The Morgan fingerprint density at radius 1 is 0.800 bits per heavy atom. The fourth-order valence-electron chi connectivity index (χ4n) is 3.47. The molecule has 20 heavy (non-hydrogen) atoms. The standard InChI is InChI=1S/C20H19/c1-2-6-15(7-3-1)12-18-10-11-19-13-16-8-4-5-9-17(16)14-20(18)19/h1-3,6-7,10-11,13-14H,4-5,8-9,12H2. The summed E-state index contributed by atoms with van der Waals surface area (Å²) in [4.78, 5) is 0. The van der Waals surface area contributed by atoms with Gasteiger partial charge in [-0.15, -0.1) is 0 Å². The van der Waals surface area contributed by atoms with Crippen LogP contribution in [0.25, 0.3) is 6.08 Å². The minimum Gasteiger partial charge on any atom is -0.0718 e. The number of benzene rings is 2. The topological polar surface area (TPSA) is 0 Å². The number of hydrogen-bond acceptors (Lipinski definition) is 0. The van der Waals surface area contributed by atoms with Crippen molar-refractivity contribution < 1.29 is 0 Å². The summed E-state index contributed by atoms with van der Waals surface area (Å²) in [5.41, 5.74) is 7.47. The Bertz CT molecular complexity index is 649. The zero-order chi connectivity index (χ0) is 13.4. The molecule has 1 radical (unpaired) electrons. The number of fused-ring (bicyclic) bond motifs is 2. The maximum absolute atomic E-state index is 2.46. The van der Waals surface area contributed by atoms with E-state index in [9.17, 15) is 0 Å². The van der Waals surface area contributed by atoms with Crippen LogP contribution in [0, 0.1) is 5.92 Å². The van der Waals surface area contributed by atoms with Gasteiger partial charge in [-0.25, -0.2) is 0 Å². The Kier molecular flexibility index (Phi) is 2.95. The molecule has 0 aliphatic heterocycles. The van der Waals surface area contributed by atoms with Crippen molar-refractivity contribution in [2.75, 3.05) is 0 Å². The molecular formula is C20H19. The molecule has 0 amide bonds. The molecule has 0 saturated heterocycles. The van der Waals surface area contributed by atoms with Gasteiger partial charge in [-0.1, -0.05) is 54.6 Å². The number of hydrogen-bond donors (Lipinski definition) is 0. The van der Waals surface area contributed by atoms with Gasteiger partial charge in [-0.2, -0.15) is 0 Å². The van der Waals surface area contributed by atoms with Crippen LogP contribution in [0.15, 0.2) is 48.5 Å². The fourth-order valence-corrected chi connectivity index (χ4v) is 3.47. The first-order chi connectivity index (χ1) is 9.90. The van der Waals surface area contributed by atoms with E-state index in [1.807, 2.05) is 0 Å². The Balaban J connectivity index is 1.66. The van der Waals surface area contributed by atoms with Gasteiger partial charge in [0.1, 0.15) is 0 Å². The van der Waals surface area contributed by atoms with E-state index in [4.69, 9.17) is 0 Å². The molecule has 0 atom stereocenters. The lowest BCUT2D eigenvalue weighted by Crippen LogP contribution is -2.06. The molecule has 2 aromatic rings. The molecule has 4 rings (SSSR count). The van der Waals surface area contributed by atoms with Crippen LogP contribution in [0.5, 0.6) is 0 Å². The van der Waals surface area contributed by atoms with E-state index in [0.717, 1.165) is 6.42 Å². The zero-order valence-corrected chi connectivity index (χ0v) is 11.7. The minimum absolute atomic E-state index is 1.04.